The van der Waals surface area contributed by atoms with Crippen LogP contribution < -0.4 is 10.0 Å². The highest BCUT2D eigenvalue weighted by molar-refractivity contribution is 8.00. The van der Waals surface area contributed by atoms with Gasteiger partial charge in [0.25, 0.3) is 5.91 Å². The van der Waals surface area contributed by atoms with Gasteiger partial charge in [-0.3, -0.25) is 4.79 Å². The Hall–Kier alpha value is -2.11. The van der Waals surface area contributed by atoms with Crippen molar-refractivity contribution in [1.29, 1.82) is 0 Å². The quantitative estimate of drug-likeness (QED) is 0.143. The summed E-state index contributed by atoms with van der Waals surface area (Å²) < 4.78 is 26.4. The van der Waals surface area contributed by atoms with Gasteiger partial charge in [-0.05, 0) is 65.9 Å². The third-order valence-electron chi connectivity index (χ3n) is 5.86. The van der Waals surface area contributed by atoms with Gasteiger partial charge in [0, 0.05) is 28.3 Å². The first kappa shape index (κ1) is 34.1. The van der Waals surface area contributed by atoms with E-state index in [-0.39, 0.29) is 36.4 Å². The van der Waals surface area contributed by atoms with Gasteiger partial charge in [-0.25, -0.2) is 13.1 Å². The number of aliphatic hydroxyl groups excluding tert-OH is 2. The number of sulfonamides is 1. The fraction of sp³-hybridized carbons (Fsp3) is 0.345. The van der Waals surface area contributed by atoms with Gasteiger partial charge in [0.05, 0.1) is 17.4 Å². The van der Waals surface area contributed by atoms with Crippen LogP contribution in [0, 0.1) is 0 Å². The van der Waals surface area contributed by atoms with Gasteiger partial charge in [0.2, 0.25) is 10.0 Å². The number of carbonyl (C=O) groups is 1. The maximum Gasteiger partial charge on any atom is 0.265 e. The standard InChI is InChI=1S/C29H35ClN2O5S2.ClH/c1-20(2)38-28-18-23(11-12-26(28)29(35)32-39(36,37)16-4-15-33)22-9-7-21(8-10-22)13-14-31-19-27(34)24-5-3-6-25(30)17-24;/h3,5-12,17-18,20,27,31,33-34H,4,13-16,19H2,1-2H3,(H,32,35);1H/t27-;/m0./s1. The number of rotatable bonds is 14. The summed E-state index contributed by atoms with van der Waals surface area (Å²) in [6, 6.07) is 20.7. The minimum atomic E-state index is -3.83. The van der Waals surface area contributed by atoms with Gasteiger partial charge in [-0.15, -0.1) is 24.2 Å². The second-order valence-corrected chi connectivity index (χ2v) is 13.3. The normalized spacial score (nSPS) is 12.2. The number of hydrogen-bond acceptors (Lipinski definition) is 7. The van der Waals surface area contributed by atoms with E-state index in [9.17, 15) is 18.3 Å². The molecule has 0 bridgehead atoms. The molecular formula is C29H36Cl2N2O5S2. The maximum absolute atomic E-state index is 12.8. The third-order valence-corrected chi connectivity index (χ3v) is 8.48. The summed E-state index contributed by atoms with van der Waals surface area (Å²) in [5.41, 5.74) is 4.13. The summed E-state index contributed by atoms with van der Waals surface area (Å²) in [6.07, 6.45) is 0.224. The number of benzene rings is 3. The number of aliphatic hydroxyl groups is 2. The molecule has 0 aromatic heterocycles. The summed E-state index contributed by atoms with van der Waals surface area (Å²) in [5, 5.41) is 23.3. The smallest absolute Gasteiger partial charge is 0.265 e. The molecule has 0 unspecified atom stereocenters. The lowest BCUT2D eigenvalue weighted by atomic mass is 10.0. The molecule has 0 aliphatic carbocycles. The van der Waals surface area contributed by atoms with E-state index in [1.807, 2.05) is 62.4 Å². The molecule has 1 amide bonds. The molecule has 0 radical (unpaired) electrons. The van der Waals surface area contributed by atoms with E-state index in [1.54, 1.807) is 18.2 Å². The Balaban J connectivity index is 0.00000560. The monoisotopic (exact) mass is 626 g/mol. The molecule has 40 heavy (non-hydrogen) atoms. The van der Waals surface area contributed by atoms with E-state index in [4.69, 9.17) is 16.7 Å². The molecular weight excluding hydrogens is 591 g/mol. The Labute approximate surface area is 252 Å². The van der Waals surface area contributed by atoms with Gasteiger partial charge in [-0.1, -0.05) is 67.9 Å². The average Bonchev–Trinajstić information content (AvgIpc) is 2.89. The highest BCUT2D eigenvalue weighted by atomic mass is 35.5. The minimum absolute atomic E-state index is 0. The molecule has 0 aliphatic heterocycles. The fourth-order valence-corrected chi connectivity index (χ4v) is 6.10. The minimum Gasteiger partial charge on any atom is -0.396 e. The van der Waals surface area contributed by atoms with Crippen LogP contribution in [-0.2, 0) is 16.4 Å². The number of amides is 1. The summed E-state index contributed by atoms with van der Waals surface area (Å²) in [4.78, 5) is 13.5. The highest BCUT2D eigenvalue weighted by Crippen LogP contribution is 2.32. The van der Waals surface area contributed by atoms with Crippen LogP contribution in [0.1, 0.15) is 47.9 Å². The Bertz CT molecular complexity index is 1350. The van der Waals surface area contributed by atoms with E-state index in [1.165, 1.54) is 11.8 Å². The third kappa shape index (κ3) is 10.7. The van der Waals surface area contributed by atoms with Gasteiger partial charge < -0.3 is 15.5 Å². The molecule has 3 aromatic rings. The first-order valence-electron chi connectivity index (χ1n) is 12.8. The van der Waals surface area contributed by atoms with Crippen LogP contribution in [0.25, 0.3) is 11.1 Å². The predicted molar refractivity (Wildman–Crippen MR) is 166 cm³/mol. The molecule has 218 valence electrons. The Kier molecular flexibility index (Phi) is 13.9. The molecule has 3 rings (SSSR count). The zero-order valence-corrected chi connectivity index (χ0v) is 25.7. The van der Waals surface area contributed by atoms with Gasteiger partial charge in [-0.2, -0.15) is 0 Å². The van der Waals surface area contributed by atoms with Gasteiger partial charge in [0.1, 0.15) is 0 Å². The lowest BCUT2D eigenvalue weighted by Gasteiger charge is -2.14. The van der Waals surface area contributed by atoms with Crippen LogP contribution in [0.4, 0.5) is 0 Å². The highest BCUT2D eigenvalue weighted by Gasteiger charge is 2.20. The van der Waals surface area contributed by atoms with Crippen molar-refractivity contribution >= 4 is 51.7 Å². The number of thioether (sulfide) groups is 1. The second-order valence-electron chi connectivity index (χ2n) is 9.43. The molecule has 0 aliphatic rings. The number of hydrogen-bond donors (Lipinski definition) is 4. The topological polar surface area (TPSA) is 116 Å². The van der Waals surface area contributed by atoms with Gasteiger partial charge >= 0.3 is 0 Å². The average molecular weight is 628 g/mol. The van der Waals surface area contributed by atoms with Crippen molar-refractivity contribution in [3.05, 3.63) is 88.4 Å². The Morgan fingerprint density at radius 2 is 1.73 bits per heavy atom. The Morgan fingerprint density at radius 3 is 2.38 bits per heavy atom. The molecule has 1 atom stereocenters. The first-order valence-corrected chi connectivity index (χ1v) is 15.7. The van der Waals surface area contributed by atoms with E-state index in [0.717, 1.165) is 28.7 Å². The van der Waals surface area contributed by atoms with E-state index >= 15 is 0 Å². The number of nitrogens with one attached hydrogen (secondary N) is 2. The maximum atomic E-state index is 12.8. The van der Waals surface area contributed by atoms with Crippen molar-refractivity contribution in [3.8, 4) is 11.1 Å². The fourth-order valence-electron chi connectivity index (χ4n) is 3.91. The molecule has 0 saturated heterocycles. The van der Waals surface area contributed by atoms with Crippen LogP contribution in [0.15, 0.2) is 71.6 Å². The van der Waals surface area contributed by atoms with Crippen molar-refractivity contribution in [1.82, 2.24) is 10.0 Å². The zero-order valence-electron chi connectivity index (χ0n) is 22.5. The summed E-state index contributed by atoms with van der Waals surface area (Å²) >= 11 is 7.49. The van der Waals surface area contributed by atoms with Crippen LogP contribution in [0.2, 0.25) is 5.02 Å². The van der Waals surface area contributed by atoms with Crippen molar-refractivity contribution in [2.24, 2.45) is 0 Å². The Morgan fingerprint density at radius 1 is 1.02 bits per heavy atom. The lowest BCUT2D eigenvalue weighted by molar-refractivity contribution is 0.0978. The van der Waals surface area contributed by atoms with Crippen LogP contribution in [0.3, 0.4) is 0 Å². The lowest BCUT2D eigenvalue weighted by Crippen LogP contribution is -2.33. The molecule has 4 N–H and O–H groups in total. The molecule has 0 fully saturated rings. The molecule has 3 aromatic carbocycles. The van der Waals surface area contributed by atoms with Crippen molar-refractivity contribution < 1.29 is 23.4 Å². The summed E-state index contributed by atoms with van der Waals surface area (Å²) in [5.74, 6) is -0.990. The van der Waals surface area contributed by atoms with Gasteiger partial charge in [0.15, 0.2) is 0 Å². The van der Waals surface area contributed by atoms with Crippen LogP contribution in [-0.4, -0.2) is 55.2 Å². The SMILES string of the molecule is CC(C)Sc1cc(-c2ccc(CCNC[C@H](O)c3cccc(Cl)c3)cc2)ccc1C(=O)NS(=O)(=O)CCCO.Cl. The molecule has 7 nitrogen and oxygen atoms in total. The first-order chi connectivity index (χ1) is 18.6. The molecule has 0 heterocycles. The number of carbonyl (C=O) groups excluding carboxylic acids is 1. The molecule has 0 saturated carbocycles. The van der Waals surface area contributed by atoms with Crippen LogP contribution >= 0.6 is 35.8 Å². The molecule has 0 spiro atoms. The largest absolute Gasteiger partial charge is 0.396 e. The zero-order chi connectivity index (χ0) is 28.4. The van der Waals surface area contributed by atoms with E-state index in [0.29, 0.717) is 28.6 Å². The van der Waals surface area contributed by atoms with E-state index in [2.05, 4.69) is 10.0 Å². The predicted octanol–water partition coefficient (Wildman–Crippen LogP) is 5.24. The van der Waals surface area contributed by atoms with E-state index < -0.39 is 22.0 Å². The molecule has 11 heteroatoms. The van der Waals surface area contributed by atoms with Crippen LogP contribution in [0.5, 0.6) is 0 Å². The van der Waals surface area contributed by atoms with Crippen molar-refractivity contribution in [2.45, 2.75) is 42.9 Å². The van der Waals surface area contributed by atoms with Crippen molar-refractivity contribution in [2.75, 3.05) is 25.4 Å². The second kappa shape index (κ2) is 16.4. The van der Waals surface area contributed by atoms with Crippen molar-refractivity contribution in [3.63, 3.8) is 0 Å². The number of halogens is 2. The summed E-state index contributed by atoms with van der Waals surface area (Å²) in [7, 11) is -3.83. The summed E-state index contributed by atoms with van der Waals surface area (Å²) in [6.45, 7) is 4.89.